The van der Waals surface area contributed by atoms with E-state index < -0.39 is 12.2 Å². The SMILES string of the molecule is Cc1noc(C)c1NC(=O)N1C[C@H](O)COC[C@@H]2O[C@@H](CC(=O)N[C@H]3CCN(Cc4ccccc4)C3)CC[C@H]21. The van der Waals surface area contributed by atoms with Crippen molar-refractivity contribution in [1.82, 2.24) is 20.3 Å². The second kappa shape index (κ2) is 12.5. The molecule has 0 unspecified atom stereocenters. The molecule has 3 aliphatic rings. The third-order valence-electron chi connectivity index (χ3n) is 7.81. The molecule has 3 N–H and O–H groups in total. The molecule has 3 fully saturated rings. The van der Waals surface area contributed by atoms with E-state index in [0.29, 0.717) is 30.0 Å². The number of fused-ring (bicyclic) bond motifs is 1. The first-order valence-corrected chi connectivity index (χ1v) is 13.8. The quantitative estimate of drug-likeness (QED) is 0.508. The van der Waals surface area contributed by atoms with Crippen molar-refractivity contribution < 1.29 is 28.7 Å². The van der Waals surface area contributed by atoms with Gasteiger partial charge in [0.25, 0.3) is 0 Å². The van der Waals surface area contributed by atoms with Crippen molar-refractivity contribution in [3.05, 3.63) is 47.3 Å². The van der Waals surface area contributed by atoms with Crippen molar-refractivity contribution in [3.63, 3.8) is 0 Å². The van der Waals surface area contributed by atoms with Crippen LogP contribution in [0.2, 0.25) is 0 Å². The molecule has 3 aliphatic heterocycles. The summed E-state index contributed by atoms with van der Waals surface area (Å²) in [4.78, 5) is 30.2. The number of hydrogen-bond acceptors (Lipinski definition) is 8. The Morgan fingerprint density at radius 3 is 2.69 bits per heavy atom. The van der Waals surface area contributed by atoms with Crippen molar-refractivity contribution in [2.24, 2.45) is 0 Å². The Balaban J connectivity index is 1.14. The second-order valence-corrected chi connectivity index (χ2v) is 10.9. The molecule has 4 heterocycles. The van der Waals surface area contributed by atoms with Crippen LogP contribution in [-0.2, 0) is 20.8 Å². The summed E-state index contributed by atoms with van der Waals surface area (Å²) in [5.41, 5.74) is 2.40. The van der Waals surface area contributed by atoms with Crippen LogP contribution >= 0.6 is 0 Å². The Hall–Kier alpha value is -2.99. The Bertz CT molecular complexity index is 1110. The molecule has 0 radical (unpaired) electrons. The first-order valence-electron chi connectivity index (χ1n) is 13.8. The van der Waals surface area contributed by atoms with E-state index >= 15 is 0 Å². The maximum absolute atomic E-state index is 13.3. The fraction of sp³-hybridized carbons (Fsp3) is 0.607. The molecule has 39 heavy (non-hydrogen) atoms. The van der Waals surface area contributed by atoms with Gasteiger partial charge in [-0.25, -0.2) is 4.79 Å². The number of aliphatic hydroxyl groups is 1. The van der Waals surface area contributed by atoms with Crippen LogP contribution in [0.5, 0.6) is 0 Å². The van der Waals surface area contributed by atoms with Crippen LogP contribution in [0.25, 0.3) is 0 Å². The molecule has 5 atom stereocenters. The van der Waals surface area contributed by atoms with E-state index in [-0.39, 0.29) is 56.3 Å². The molecule has 11 nitrogen and oxygen atoms in total. The average Bonchev–Trinajstić information content (AvgIpc) is 3.47. The van der Waals surface area contributed by atoms with E-state index in [1.807, 2.05) is 18.2 Å². The number of ether oxygens (including phenoxy) is 2. The number of likely N-dealkylation sites (tertiary alicyclic amines) is 1. The summed E-state index contributed by atoms with van der Waals surface area (Å²) in [5.74, 6) is 0.505. The highest BCUT2D eigenvalue weighted by atomic mass is 16.5. The van der Waals surface area contributed by atoms with E-state index in [0.717, 1.165) is 26.1 Å². The summed E-state index contributed by atoms with van der Waals surface area (Å²) in [6.07, 6.45) is 1.01. The number of amides is 3. The normalized spacial score (nSPS) is 27.9. The standard InChI is InChI=1S/C28H39N5O6/c1-18-27(19(2)39-31-18)30-28(36)33-15-22(34)16-37-17-25-24(33)9-8-23(38-25)12-26(35)29-21-10-11-32(14-21)13-20-6-4-3-5-7-20/h3-7,21-25,34H,8-17H2,1-2H3,(H,29,35)(H,30,36)/t21-,22-,23+,24+,25-/m0/s1. The van der Waals surface area contributed by atoms with Gasteiger partial charge in [0.2, 0.25) is 5.91 Å². The number of rotatable bonds is 6. The third kappa shape index (κ3) is 6.96. The largest absolute Gasteiger partial charge is 0.389 e. The molecule has 11 heteroatoms. The molecule has 0 spiro atoms. The van der Waals surface area contributed by atoms with Crippen LogP contribution in [0.4, 0.5) is 10.5 Å². The van der Waals surface area contributed by atoms with Gasteiger partial charge in [-0.3, -0.25) is 9.69 Å². The number of β-amino-alcohol motifs (C(OH)–C–C–N with tert-alkyl or cyclic N) is 1. The number of aromatic nitrogens is 1. The van der Waals surface area contributed by atoms with Gasteiger partial charge in [0, 0.05) is 25.7 Å². The fourth-order valence-corrected chi connectivity index (χ4v) is 5.84. The number of nitrogens with zero attached hydrogens (tertiary/aromatic N) is 3. The summed E-state index contributed by atoms with van der Waals surface area (Å²) in [6.45, 7) is 6.64. The lowest BCUT2D eigenvalue weighted by Crippen LogP contribution is -2.58. The second-order valence-electron chi connectivity index (χ2n) is 10.9. The Morgan fingerprint density at radius 2 is 1.92 bits per heavy atom. The molecule has 0 saturated carbocycles. The molecular weight excluding hydrogens is 502 g/mol. The van der Waals surface area contributed by atoms with Gasteiger partial charge in [0.05, 0.1) is 44.4 Å². The summed E-state index contributed by atoms with van der Waals surface area (Å²) in [6, 6.07) is 9.86. The number of carbonyl (C=O) groups is 2. The zero-order valence-corrected chi connectivity index (χ0v) is 22.7. The van der Waals surface area contributed by atoms with Crippen molar-refractivity contribution in [3.8, 4) is 0 Å². The molecule has 2 aromatic rings. The predicted molar refractivity (Wildman–Crippen MR) is 143 cm³/mol. The molecule has 1 aromatic heterocycles. The minimum Gasteiger partial charge on any atom is -0.389 e. The summed E-state index contributed by atoms with van der Waals surface area (Å²) >= 11 is 0. The maximum Gasteiger partial charge on any atom is 0.322 e. The minimum atomic E-state index is -0.808. The van der Waals surface area contributed by atoms with E-state index in [4.69, 9.17) is 14.0 Å². The van der Waals surface area contributed by atoms with Gasteiger partial charge >= 0.3 is 6.03 Å². The smallest absolute Gasteiger partial charge is 0.322 e. The first-order chi connectivity index (χ1) is 18.9. The van der Waals surface area contributed by atoms with Crippen molar-refractivity contribution in [1.29, 1.82) is 0 Å². The zero-order chi connectivity index (χ0) is 27.4. The highest BCUT2D eigenvalue weighted by Gasteiger charge is 2.40. The summed E-state index contributed by atoms with van der Waals surface area (Å²) in [5, 5.41) is 20.4. The summed E-state index contributed by atoms with van der Waals surface area (Å²) < 4.78 is 17.2. The Kier molecular flexibility index (Phi) is 8.81. The number of urea groups is 1. The maximum atomic E-state index is 13.3. The number of benzene rings is 1. The van der Waals surface area contributed by atoms with Gasteiger partial charge < -0.3 is 34.6 Å². The molecule has 0 aliphatic carbocycles. The average molecular weight is 542 g/mol. The highest BCUT2D eigenvalue weighted by Crippen LogP contribution is 2.29. The number of aliphatic hydroxyl groups excluding tert-OH is 1. The van der Waals surface area contributed by atoms with Crippen LogP contribution in [0.3, 0.4) is 0 Å². The van der Waals surface area contributed by atoms with Gasteiger partial charge in [0.1, 0.15) is 17.5 Å². The lowest BCUT2D eigenvalue weighted by atomic mass is 9.95. The lowest BCUT2D eigenvalue weighted by molar-refractivity contribution is -0.150. The van der Waals surface area contributed by atoms with Crippen molar-refractivity contribution in [2.75, 3.05) is 38.2 Å². The number of nitrogens with one attached hydrogen (secondary N) is 2. The number of aryl methyl sites for hydroxylation is 2. The topological polar surface area (TPSA) is 129 Å². The Morgan fingerprint density at radius 1 is 1.10 bits per heavy atom. The van der Waals surface area contributed by atoms with Gasteiger partial charge in [0.15, 0.2) is 5.76 Å². The molecule has 3 amide bonds. The number of anilines is 1. The van der Waals surface area contributed by atoms with Crippen LogP contribution in [0.1, 0.15) is 42.7 Å². The Labute approximate surface area is 228 Å². The van der Waals surface area contributed by atoms with E-state index in [1.54, 1.807) is 18.7 Å². The van der Waals surface area contributed by atoms with Crippen molar-refractivity contribution in [2.45, 2.75) is 76.5 Å². The predicted octanol–water partition coefficient (Wildman–Crippen LogP) is 2.21. The van der Waals surface area contributed by atoms with Gasteiger partial charge in [-0.15, -0.1) is 0 Å². The minimum absolute atomic E-state index is 0.0137. The lowest BCUT2D eigenvalue weighted by Gasteiger charge is -2.44. The van der Waals surface area contributed by atoms with E-state index in [1.165, 1.54) is 5.56 Å². The third-order valence-corrected chi connectivity index (χ3v) is 7.81. The van der Waals surface area contributed by atoms with Gasteiger partial charge in [-0.2, -0.15) is 0 Å². The first kappa shape index (κ1) is 27.6. The fourth-order valence-electron chi connectivity index (χ4n) is 5.84. The van der Waals surface area contributed by atoms with Crippen LogP contribution < -0.4 is 10.6 Å². The van der Waals surface area contributed by atoms with Gasteiger partial charge in [-0.05, 0) is 38.7 Å². The van der Waals surface area contributed by atoms with E-state index in [2.05, 4.69) is 32.8 Å². The molecular formula is C28H39N5O6. The monoisotopic (exact) mass is 541 g/mol. The molecule has 5 rings (SSSR count). The molecule has 212 valence electrons. The van der Waals surface area contributed by atoms with Crippen LogP contribution in [0, 0.1) is 13.8 Å². The van der Waals surface area contributed by atoms with Gasteiger partial charge in [-0.1, -0.05) is 35.5 Å². The molecule has 0 bridgehead atoms. The van der Waals surface area contributed by atoms with Crippen LogP contribution in [0.15, 0.2) is 34.9 Å². The highest BCUT2D eigenvalue weighted by molar-refractivity contribution is 5.90. The number of hydrogen-bond donors (Lipinski definition) is 3. The molecule has 3 saturated heterocycles. The number of carbonyl (C=O) groups excluding carboxylic acids is 2. The molecule has 1 aromatic carbocycles. The summed E-state index contributed by atoms with van der Waals surface area (Å²) in [7, 11) is 0. The van der Waals surface area contributed by atoms with Crippen LogP contribution in [-0.4, -0.2) is 95.2 Å². The van der Waals surface area contributed by atoms with Crippen molar-refractivity contribution >= 4 is 17.6 Å². The zero-order valence-electron chi connectivity index (χ0n) is 22.7. The van der Waals surface area contributed by atoms with E-state index in [9.17, 15) is 14.7 Å².